The van der Waals surface area contributed by atoms with Gasteiger partial charge in [0.2, 0.25) is 5.91 Å². The van der Waals surface area contributed by atoms with Gasteiger partial charge in [-0.15, -0.1) is 0 Å². The van der Waals surface area contributed by atoms with Crippen LogP contribution in [0.1, 0.15) is 56.1 Å². The van der Waals surface area contributed by atoms with Crippen LogP contribution in [-0.2, 0) is 4.79 Å². The molecule has 2 aromatic heterocycles. The van der Waals surface area contributed by atoms with Crippen LogP contribution >= 0.6 is 0 Å². The van der Waals surface area contributed by atoms with Gasteiger partial charge < -0.3 is 10.2 Å². The van der Waals surface area contributed by atoms with Crippen LogP contribution in [0.2, 0.25) is 0 Å². The van der Waals surface area contributed by atoms with Crippen LogP contribution in [0.5, 0.6) is 0 Å². The molecule has 1 aliphatic carbocycles. The molecule has 7 heteroatoms. The van der Waals surface area contributed by atoms with Gasteiger partial charge in [0.15, 0.2) is 0 Å². The molecule has 7 nitrogen and oxygen atoms in total. The second kappa shape index (κ2) is 7.35. The number of aryl methyl sites for hydroxylation is 1. The summed E-state index contributed by atoms with van der Waals surface area (Å²) in [6.45, 7) is 2.71. The van der Waals surface area contributed by atoms with Gasteiger partial charge in [-0.3, -0.25) is 9.78 Å². The Labute approximate surface area is 153 Å². The summed E-state index contributed by atoms with van der Waals surface area (Å²) in [6, 6.07) is 1.99. The summed E-state index contributed by atoms with van der Waals surface area (Å²) in [4.78, 5) is 32.4. The third kappa shape index (κ3) is 3.52. The third-order valence-electron chi connectivity index (χ3n) is 5.26. The molecule has 1 aliphatic heterocycles. The highest BCUT2D eigenvalue weighted by atomic mass is 16.2. The number of amides is 1. The number of anilines is 2. The third-order valence-corrected chi connectivity index (χ3v) is 5.26. The van der Waals surface area contributed by atoms with Crippen molar-refractivity contribution in [3.8, 4) is 0 Å². The fourth-order valence-electron chi connectivity index (χ4n) is 4.07. The molecular formula is C19H24N6O. The minimum atomic E-state index is 0.0483. The van der Waals surface area contributed by atoms with Crippen molar-refractivity contribution in [3.05, 3.63) is 36.2 Å². The van der Waals surface area contributed by atoms with E-state index in [2.05, 4.69) is 25.3 Å². The van der Waals surface area contributed by atoms with Crippen molar-refractivity contribution in [1.82, 2.24) is 24.8 Å². The van der Waals surface area contributed by atoms with Crippen LogP contribution in [0.3, 0.4) is 0 Å². The van der Waals surface area contributed by atoms with Crippen LogP contribution in [0, 0.1) is 12.8 Å². The lowest BCUT2D eigenvalue weighted by atomic mass is 10.0. The molecule has 1 atom stereocenters. The predicted molar refractivity (Wildman–Crippen MR) is 97.7 cm³/mol. The molecule has 26 heavy (non-hydrogen) atoms. The van der Waals surface area contributed by atoms with E-state index in [1.165, 1.54) is 12.8 Å². The van der Waals surface area contributed by atoms with Crippen molar-refractivity contribution in [1.29, 1.82) is 0 Å². The van der Waals surface area contributed by atoms with E-state index in [-0.39, 0.29) is 12.0 Å². The van der Waals surface area contributed by atoms with Crippen LogP contribution in [-0.4, -0.2) is 37.3 Å². The Bertz CT molecular complexity index is 775. The van der Waals surface area contributed by atoms with Crippen molar-refractivity contribution < 1.29 is 4.79 Å². The zero-order valence-electron chi connectivity index (χ0n) is 15.1. The Morgan fingerprint density at radius 2 is 1.96 bits per heavy atom. The van der Waals surface area contributed by atoms with E-state index in [0.717, 1.165) is 37.9 Å². The molecule has 136 valence electrons. The van der Waals surface area contributed by atoms with Gasteiger partial charge in [-0.25, -0.2) is 15.0 Å². The Kier molecular flexibility index (Phi) is 4.77. The number of aromatic nitrogens is 4. The molecule has 0 spiro atoms. The van der Waals surface area contributed by atoms with Gasteiger partial charge in [-0.05, 0) is 32.6 Å². The van der Waals surface area contributed by atoms with E-state index in [4.69, 9.17) is 0 Å². The van der Waals surface area contributed by atoms with Crippen LogP contribution in [0.15, 0.2) is 24.7 Å². The summed E-state index contributed by atoms with van der Waals surface area (Å²) in [5, 5.41) is 3.18. The van der Waals surface area contributed by atoms with E-state index in [9.17, 15) is 4.79 Å². The van der Waals surface area contributed by atoms with Gasteiger partial charge in [0.05, 0.1) is 17.9 Å². The fourth-order valence-corrected chi connectivity index (χ4v) is 4.07. The van der Waals surface area contributed by atoms with Crippen molar-refractivity contribution >= 4 is 17.5 Å². The number of rotatable bonds is 4. The van der Waals surface area contributed by atoms with Crippen molar-refractivity contribution in [2.24, 2.45) is 5.92 Å². The SMILES string of the molecule is Cc1nc(Nc2cnccn2)cc([C@H]2CCCN2C(=O)C2CCCC2)n1. The molecule has 1 saturated heterocycles. The molecule has 2 fully saturated rings. The predicted octanol–water partition coefficient (Wildman–Crippen LogP) is 3.17. The first-order valence-corrected chi connectivity index (χ1v) is 9.40. The number of hydrogen-bond donors (Lipinski definition) is 1. The smallest absolute Gasteiger partial charge is 0.226 e. The van der Waals surface area contributed by atoms with E-state index in [0.29, 0.717) is 23.4 Å². The Balaban J connectivity index is 1.57. The summed E-state index contributed by atoms with van der Waals surface area (Å²) in [6.07, 6.45) is 11.3. The van der Waals surface area contributed by atoms with Crippen LogP contribution in [0.4, 0.5) is 11.6 Å². The zero-order valence-corrected chi connectivity index (χ0v) is 15.1. The number of nitrogens with zero attached hydrogens (tertiary/aromatic N) is 5. The molecule has 1 amide bonds. The highest BCUT2D eigenvalue weighted by Crippen LogP contribution is 2.36. The van der Waals surface area contributed by atoms with Gasteiger partial charge >= 0.3 is 0 Å². The lowest BCUT2D eigenvalue weighted by Gasteiger charge is -2.27. The molecule has 0 aromatic carbocycles. The topological polar surface area (TPSA) is 83.9 Å². The molecule has 0 unspecified atom stereocenters. The maximum absolute atomic E-state index is 12.9. The summed E-state index contributed by atoms with van der Waals surface area (Å²) in [5.41, 5.74) is 0.910. The zero-order chi connectivity index (χ0) is 17.9. The van der Waals surface area contributed by atoms with Gasteiger partial charge in [0.1, 0.15) is 17.5 Å². The molecule has 4 rings (SSSR count). The molecule has 2 aliphatic rings. The molecule has 1 N–H and O–H groups in total. The average molecular weight is 352 g/mol. The van der Waals surface area contributed by atoms with Crippen molar-refractivity contribution in [2.45, 2.75) is 51.5 Å². The number of likely N-dealkylation sites (tertiary alicyclic amines) is 1. The molecule has 3 heterocycles. The van der Waals surface area contributed by atoms with Crippen molar-refractivity contribution in [3.63, 3.8) is 0 Å². The number of carbonyl (C=O) groups excluding carboxylic acids is 1. The summed E-state index contributed by atoms with van der Waals surface area (Å²) in [5.74, 6) is 2.53. The molecular weight excluding hydrogens is 328 g/mol. The highest BCUT2D eigenvalue weighted by Gasteiger charge is 2.35. The van der Waals surface area contributed by atoms with Gasteiger partial charge in [0.25, 0.3) is 0 Å². The molecule has 1 saturated carbocycles. The van der Waals surface area contributed by atoms with Gasteiger partial charge in [-0.1, -0.05) is 12.8 Å². The normalized spacial score (nSPS) is 20.5. The summed E-state index contributed by atoms with van der Waals surface area (Å²) in [7, 11) is 0. The van der Waals surface area contributed by atoms with Crippen LogP contribution in [0.25, 0.3) is 0 Å². The minimum absolute atomic E-state index is 0.0483. The van der Waals surface area contributed by atoms with Gasteiger partial charge in [-0.2, -0.15) is 0 Å². The van der Waals surface area contributed by atoms with E-state index < -0.39 is 0 Å². The number of nitrogens with one attached hydrogen (secondary N) is 1. The summed E-state index contributed by atoms with van der Waals surface area (Å²) < 4.78 is 0. The Morgan fingerprint density at radius 1 is 1.12 bits per heavy atom. The van der Waals surface area contributed by atoms with Gasteiger partial charge in [0, 0.05) is 30.9 Å². The number of hydrogen-bond acceptors (Lipinski definition) is 6. The fraction of sp³-hybridized carbons (Fsp3) is 0.526. The Morgan fingerprint density at radius 3 is 2.73 bits per heavy atom. The lowest BCUT2D eigenvalue weighted by Crippen LogP contribution is -2.35. The van der Waals surface area contributed by atoms with E-state index >= 15 is 0 Å². The van der Waals surface area contributed by atoms with E-state index in [1.807, 2.05) is 17.9 Å². The largest absolute Gasteiger partial charge is 0.334 e. The lowest BCUT2D eigenvalue weighted by molar-refractivity contribution is -0.136. The Hall–Kier alpha value is -2.57. The van der Waals surface area contributed by atoms with Crippen molar-refractivity contribution in [2.75, 3.05) is 11.9 Å². The second-order valence-corrected chi connectivity index (χ2v) is 7.11. The summed E-state index contributed by atoms with van der Waals surface area (Å²) >= 11 is 0. The standard InChI is InChI=1S/C19H24N6O/c1-13-22-15(11-17(23-13)24-18-12-20-8-9-21-18)16-7-4-10-25(16)19(26)14-5-2-3-6-14/h8-9,11-12,14,16H,2-7,10H2,1H3,(H,21,22,23,24)/t16-/m1/s1. The first-order valence-electron chi connectivity index (χ1n) is 9.40. The monoisotopic (exact) mass is 352 g/mol. The quantitative estimate of drug-likeness (QED) is 0.910. The first-order chi connectivity index (χ1) is 12.7. The second-order valence-electron chi connectivity index (χ2n) is 7.11. The molecule has 0 radical (unpaired) electrons. The first kappa shape index (κ1) is 16.9. The van der Waals surface area contributed by atoms with Crippen LogP contribution < -0.4 is 5.32 Å². The minimum Gasteiger partial charge on any atom is -0.334 e. The van der Waals surface area contributed by atoms with E-state index in [1.54, 1.807) is 18.6 Å². The highest BCUT2D eigenvalue weighted by molar-refractivity contribution is 5.79. The maximum atomic E-state index is 12.9. The maximum Gasteiger partial charge on any atom is 0.226 e. The molecule has 2 aromatic rings. The number of carbonyl (C=O) groups is 1. The average Bonchev–Trinajstić information content (AvgIpc) is 3.33. The molecule has 0 bridgehead atoms.